The summed E-state index contributed by atoms with van der Waals surface area (Å²) in [5.74, 6) is 1.09. The Bertz CT molecular complexity index is 981. The van der Waals surface area contributed by atoms with Crippen LogP contribution < -0.4 is 0 Å². The third-order valence-electron chi connectivity index (χ3n) is 6.17. The summed E-state index contributed by atoms with van der Waals surface area (Å²) >= 11 is 0. The lowest BCUT2D eigenvalue weighted by atomic mass is 9.93. The molecule has 1 aromatic carbocycles. The number of piperidine rings is 1. The van der Waals surface area contributed by atoms with Crippen LogP contribution in [0.1, 0.15) is 56.2 Å². The second-order valence-corrected chi connectivity index (χ2v) is 9.73. The van der Waals surface area contributed by atoms with E-state index in [9.17, 15) is 9.59 Å². The molecule has 3 heterocycles. The van der Waals surface area contributed by atoms with Gasteiger partial charge in [-0.05, 0) is 64.2 Å². The van der Waals surface area contributed by atoms with Gasteiger partial charge in [-0.15, -0.1) is 0 Å². The number of hydrogen-bond acceptors (Lipinski definition) is 6. The van der Waals surface area contributed by atoms with Gasteiger partial charge < -0.3 is 23.7 Å². The topological polar surface area (TPSA) is 82.9 Å². The van der Waals surface area contributed by atoms with Gasteiger partial charge in [0.1, 0.15) is 11.4 Å². The monoisotopic (exact) mass is 443 g/mol. The van der Waals surface area contributed by atoms with Gasteiger partial charge in [0.15, 0.2) is 0 Å². The number of carbonyl (C=O) groups is 2. The van der Waals surface area contributed by atoms with Gasteiger partial charge in [-0.25, -0.2) is 14.6 Å². The van der Waals surface area contributed by atoms with Gasteiger partial charge >= 0.3 is 12.1 Å². The van der Waals surface area contributed by atoms with Gasteiger partial charge in [0.2, 0.25) is 0 Å². The van der Waals surface area contributed by atoms with Crippen LogP contribution >= 0.6 is 0 Å². The molecular weight excluding hydrogens is 410 g/mol. The van der Waals surface area contributed by atoms with Crippen molar-refractivity contribution in [3.63, 3.8) is 0 Å². The molecule has 1 aromatic heterocycles. The molecule has 1 unspecified atom stereocenters. The van der Waals surface area contributed by atoms with Crippen LogP contribution in [0.15, 0.2) is 18.2 Å². The fraction of sp³-hybridized carbons (Fsp3) is 0.625. The molecule has 2 aliphatic rings. The molecule has 2 fully saturated rings. The van der Waals surface area contributed by atoms with E-state index >= 15 is 0 Å². The van der Waals surface area contributed by atoms with E-state index < -0.39 is 5.60 Å². The molecular formula is C24H33N3O5. The zero-order chi connectivity index (χ0) is 22.9. The van der Waals surface area contributed by atoms with Gasteiger partial charge in [0, 0.05) is 26.1 Å². The Morgan fingerprint density at radius 3 is 2.50 bits per heavy atom. The van der Waals surface area contributed by atoms with Gasteiger partial charge in [-0.2, -0.15) is 0 Å². The van der Waals surface area contributed by atoms with E-state index in [4.69, 9.17) is 19.2 Å². The highest BCUT2D eigenvalue weighted by atomic mass is 16.6. The van der Waals surface area contributed by atoms with Gasteiger partial charge in [0.25, 0.3) is 0 Å². The van der Waals surface area contributed by atoms with E-state index in [0.29, 0.717) is 24.6 Å². The van der Waals surface area contributed by atoms with Crippen molar-refractivity contribution in [2.75, 3.05) is 26.8 Å². The average Bonchev–Trinajstić information content (AvgIpc) is 3.05. The maximum absolute atomic E-state index is 12.4. The maximum atomic E-state index is 12.4. The lowest BCUT2D eigenvalue weighted by Gasteiger charge is -2.33. The quantitative estimate of drug-likeness (QED) is 0.654. The number of ether oxygens (including phenoxy) is 3. The minimum absolute atomic E-state index is 0.182. The van der Waals surface area contributed by atoms with E-state index in [2.05, 4.69) is 4.57 Å². The highest BCUT2D eigenvalue weighted by molar-refractivity contribution is 5.93. The molecule has 8 heteroatoms. The number of imidazole rings is 1. The molecule has 0 N–H and O–H groups in total. The van der Waals surface area contributed by atoms with Crippen molar-refractivity contribution in [3.8, 4) is 0 Å². The standard InChI is InChI=1S/C24H33N3O5/c1-24(2,3)32-23(29)26-10-7-16(8-11-26)13-21-25-19-6-5-17(22(28)30-4)14-20(19)27(21)15-18-9-12-31-18/h5-6,14,16,18H,7-13,15H2,1-4H3. The molecule has 4 rings (SSSR count). The predicted molar refractivity (Wildman–Crippen MR) is 120 cm³/mol. The molecule has 0 radical (unpaired) electrons. The summed E-state index contributed by atoms with van der Waals surface area (Å²) in [6, 6.07) is 5.50. The van der Waals surface area contributed by atoms with Gasteiger partial charge in [-0.1, -0.05) is 0 Å². The summed E-state index contributed by atoms with van der Waals surface area (Å²) in [5.41, 5.74) is 1.85. The molecule has 2 aliphatic heterocycles. The molecule has 0 aliphatic carbocycles. The smallest absolute Gasteiger partial charge is 0.410 e. The van der Waals surface area contributed by atoms with Crippen LogP contribution in [0.5, 0.6) is 0 Å². The van der Waals surface area contributed by atoms with Crippen molar-refractivity contribution in [1.29, 1.82) is 0 Å². The number of esters is 1. The Hall–Kier alpha value is -2.61. The number of hydrogen-bond donors (Lipinski definition) is 0. The van der Waals surface area contributed by atoms with Gasteiger partial charge in [0.05, 0.1) is 36.4 Å². The average molecular weight is 444 g/mol. The van der Waals surface area contributed by atoms with Crippen LogP contribution in [0.2, 0.25) is 0 Å². The van der Waals surface area contributed by atoms with Crippen molar-refractivity contribution in [2.45, 2.75) is 64.7 Å². The van der Waals surface area contributed by atoms with Crippen LogP contribution in [0, 0.1) is 5.92 Å². The minimum atomic E-state index is -0.481. The molecule has 1 atom stereocenters. The SMILES string of the molecule is COC(=O)c1ccc2nc(CC3CCN(C(=O)OC(C)(C)C)CC3)n(CC3CCO3)c2c1. The first-order chi connectivity index (χ1) is 15.2. The first kappa shape index (κ1) is 22.6. The minimum Gasteiger partial charge on any atom is -0.465 e. The number of nitrogens with zero attached hydrogens (tertiary/aromatic N) is 3. The number of benzene rings is 1. The van der Waals surface area contributed by atoms with Gasteiger partial charge in [-0.3, -0.25) is 0 Å². The number of amides is 1. The Kier molecular flexibility index (Phi) is 6.42. The summed E-state index contributed by atoms with van der Waals surface area (Å²) in [6.07, 6.45) is 3.63. The Labute approximate surface area is 188 Å². The summed E-state index contributed by atoms with van der Waals surface area (Å²) in [6.45, 7) is 8.57. The number of carbonyl (C=O) groups excluding carboxylic acids is 2. The number of likely N-dealkylation sites (tertiary alicyclic amines) is 1. The van der Waals surface area contributed by atoms with E-state index in [1.807, 2.05) is 32.9 Å². The zero-order valence-electron chi connectivity index (χ0n) is 19.4. The first-order valence-electron chi connectivity index (χ1n) is 11.4. The van der Waals surface area contributed by atoms with E-state index in [-0.39, 0.29) is 18.2 Å². The highest BCUT2D eigenvalue weighted by Crippen LogP contribution is 2.27. The van der Waals surface area contributed by atoms with E-state index in [1.54, 1.807) is 11.0 Å². The Morgan fingerprint density at radius 1 is 1.19 bits per heavy atom. The second kappa shape index (κ2) is 9.10. The zero-order valence-corrected chi connectivity index (χ0v) is 19.4. The van der Waals surface area contributed by atoms with Crippen molar-refractivity contribution >= 4 is 23.1 Å². The van der Waals surface area contributed by atoms with Crippen molar-refractivity contribution < 1.29 is 23.8 Å². The summed E-state index contributed by atoms with van der Waals surface area (Å²) < 4.78 is 18.3. The Balaban J connectivity index is 1.49. The van der Waals surface area contributed by atoms with Crippen LogP contribution in [0.3, 0.4) is 0 Å². The van der Waals surface area contributed by atoms with E-state index in [1.165, 1.54) is 7.11 Å². The lowest BCUT2D eigenvalue weighted by Crippen LogP contribution is -2.42. The summed E-state index contributed by atoms with van der Waals surface area (Å²) in [7, 11) is 1.39. The molecule has 32 heavy (non-hydrogen) atoms. The molecule has 174 valence electrons. The van der Waals surface area contributed by atoms with Crippen molar-refractivity contribution in [1.82, 2.24) is 14.5 Å². The number of fused-ring (bicyclic) bond motifs is 1. The van der Waals surface area contributed by atoms with E-state index in [0.717, 1.165) is 55.7 Å². The normalized spacial score (nSPS) is 19.6. The molecule has 0 bridgehead atoms. The number of aromatic nitrogens is 2. The third-order valence-corrected chi connectivity index (χ3v) is 6.17. The fourth-order valence-electron chi connectivity index (χ4n) is 4.31. The molecule has 0 spiro atoms. The fourth-order valence-corrected chi connectivity index (χ4v) is 4.31. The molecule has 1 amide bonds. The maximum Gasteiger partial charge on any atom is 0.410 e. The van der Waals surface area contributed by atoms with Crippen molar-refractivity contribution in [2.24, 2.45) is 5.92 Å². The molecule has 8 nitrogen and oxygen atoms in total. The second-order valence-electron chi connectivity index (χ2n) is 9.73. The molecule has 2 saturated heterocycles. The summed E-state index contributed by atoms with van der Waals surface area (Å²) in [4.78, 5) is 31.1. The van der Waals surface area contributed by atoms with Crippen LogP contribution in [0.4, 0.5) is 4.79 Å². The number of methoxy groups -OCH3 is 1. The first-order valence-corrected chi connectivity index (χ1v) is 11.4. The van der Waals surface area contributed by atoms with Crippen LogP contribution in [0.25, 0.3) is 11.0 Å². The summed E-state index contributed by atoms with van der Waals surface area (Å²) in [5, 5.41) is 0. The van der Waals surface area contributed by atoms with Crippen molar-refractivity contribution in [3.05, 3.63) is 29.6 Å². The molecule has 0 saturated carbocycles. The lowest BCUT2D eigenvalue weighted by molar-refractivity contribution is -0.0591. The van der Waals surface area contributed by atoms with Crippen LogP contribution in [-0.2, 0) is 27.2 Å². The van der Waals surface area contributed by atoms with Crippen LogP contribution in [-0.4, -0.2) is 65.0 Å². The number of rotatable bonds is 5. The third kappa shape index (κ3) is 5.06. The predicted octanol–water partition coefficient (Wildman–Crippen LogP) is 3.80. The Morgan fingerprint density at radius 2 is 1.91 bits per heavy atom. The highest BCUT2D eigenvalue weighted by Gasteiger charge is 2.29. The molecule has 2 aromatic rings. The largest absolute Gasteiger partial charge is 0.465 e.